The lowest BCUT2D eigenvalue weighted by molar-refractivity contribution is -0.142. The lowest BCUT2D eigenvalue weighted by Crippen LogP contribution is -2.47. The predicted molar refractivity (Wildman–Crippen MR) is 50.3 cm³/mol. The molecule has 0 aliphatic carbocycles. The molecule has 1 rings (SSSR count). The van der Waals surface area contributed by atoms with E-state index in [1.807, 2.05) is 0 Å². The van der Waals surface area contributed by atoms with Crippen molar-refractivity contribution in [2.75, 3.05) is 0 Å². The molecule has 0 radical (unpaired) electrons. The molecule has 4 heteroatoms. The second-order valence-corrected chi connectivity index (χ2v) is 3.49. The molecule has 1 aromatic rings. The third kappa shape index (κ3) is 2.29. The van der Waals surface area contributed by atoms with Gasteiger partial charge >= 0.3 is 5.97 Å². The number of carboxylic acids is 1. The van der Waals surface area contributed by atoms with Crippen LogP contribution in [0.4, 0.5) is 4.39 Å². The van der Waals surface area contributed by atoms with Crippen molar-refractivity contribution in [2.45, 2.75) is 18.9 Å². The van der Waals surface area contributed by atoms with E-state index in [0.29, 0.717) is 5.56 Å². The second-order valence-electron chi connectivity index (χ2n) is 3.49. The topological polar surface area (TPSA) is 63.3 Å². The zero-order chi connectivity index (χ0) is 10.8. The highest BCUT2D eigenvalue weighted by atomic mass is 19.1. The van der Waals surface area contributed by atoms with Gasteiger partial charge in [-0.25, -0.2) is 4.39 Å². The van der Waals surface area contributed by atoms with E-state index < -0.39 is 17.3 Å². The summed E-state index contributed by atoms with van der Waals surface area (Å²) < 4.78 is 13.1. The van der Waals surface area contributed by atoms with Crippen LogP contribution in [-0.4, -0.2) is 16.6 Å². The van der Waals surface area contributed by atoms with Crippen molar-refractivity contribution in [3.8, 4) is 0 Å². The van der Waals surface area contributed by atoms with E-state index >= 15 is 0 Å². The van der Waals surface area contributed by atoms with Gasteiger partial charge in [0.1, 0.15) is 11.4 Å². The van der Waals surface area contributed by atoms with Gasteiger partial charge in [0.2, 0.25) is 0 Å². The third-order valence-electron chi connectivity index (χ3n) is 2.00. The molecule has 0 spiro atoms. The van der Waals surface area contributed by atoms with Crippen LogP contribution < -0.4 is 5.73 Å². The van der Waals surface area contributed by atoms with Gasteiger partial charge < -0.3 is 10.8 Å². The van der Waals surface area contributed by atoms with Gasteiger partial charge in [0, 0.05) is 6.42 Å². The molecule has 76 valence electrons. The normalized spacial score (nSPS) is 14.8. The van der Waals surface area contributed by atoms with Crippen molar-refractivity contribution in [1.82, 2.24) is 0 Å². The Balaban J connectivity index is 2.89. The molecule has 0 amide bonds. The number of carboxylic acid groups (broad SMARTS) is 1. The number of carbonyl (C=O) groups is 1. The molecule has 0 aliphatic heterocycles. The van der Waals surface area contributed by atoms with Crippen LogP contribution >= 0.6 is 0 Å². The Hall–Kier alpha value is -1.42. The van der Waals surface area contributed by atoms with Crippen LogP contribution in [0.2, 0.25) is 0 Å². The first-order valence-corrected chi connectivity index (χ1v) is 4.19. The minimum absolute atomic E-state index is 0.0188. The molecule has 0 aliphatic rings. The molecular weight excluding hydrogens is 185 g/mol. The Kier molecular flexibility index (Phi) is 2.86. The van der Waals surface area contributed by atoms with Crippen LogP contribution in [0.25, 0.3) is 0 Å². The lowest BCUT2D eigenvalue weighted by Gasteiger charge is -2.19. The maximum absolute atomic E-state index is 13.1. The monoisotopic (exact) mass is 197 g/mol. The summed E-state index contributed by atoms with van der Waals surface area (Å²) in [6.07, 6.45) is -0.0188. The predicted octanol–water partition coefficient (Wildman–Crippen LogP) is 1.17. The van der Waals surface area contributed by atoms with Crippen LogP contribution in [0.15, 0.2) is 24.3 Å². The summed E-state index contributed by atoms with van der Waals surface area (Å²) in [6, 6.07) is 6.01. The van der Waals surface area contributed by atoms with Crippen LogP contribution in [0.3, 0.4) is 0 Å². The molecule has 0 saturated carbocycles. The fraction of sp³-hybridized carbons (Fsp3) is 0.300. The quantitative estimate of drug-likeness (QED) is 0.764. The third-order valence-corrected chi connectivity index (χ3v) is 2.00. The Morgan fingerprint density at radius 2 is 2.14 bits per heavy atom. The van der Waals surface area contributed by atoms with Gasteiger partial charge in [0.25, 0.3) is 0 Å². The van der Waals surface area contributed by atoms with Crippen molar-refractivity contribution in [1.29, 1.82) is 0 Å². The van der Waals surface area contributed by atoms with E-state index in [1.165, 1.54) is 19.1 Å². The zero-order valence-corrected chi connectivity index (χ0v) is 7.83. The average Bonchev–Trinajstić information content (AvgIpc) is 2.08. The summed E-state index contributed by atoms with van der Waals surface area (Å²) in [5, 5.41) is 8.75. The standard InChI is InChI=1S/C10H12FNO2/c1-10(12,9(13)14)6-7-4-2-3-5-8(7)11/h2-5H,6,12H2,1H3,(H,13,14)/t10-/m0/s1. The van der Waals surface area contributed by atoms with E-state index in [2.05, 4.69) is 0 Å². The number of nitrogens with two attached hydrogens (primary N) is 1. The van der Waals surface area contributed by atoms with Crippen LogP contribution in [0.1, 0.15) is 12.5 Å². The van der Waals surface area contributed by atoms with Gasteiger partial charge in [0.05, 0.1) is 0 Å². The van der Waals surface area contributed by atoms with Gasteiger partial charge in [0.15, 0.2) is 0 Å². The summed E-state index contributed by atoms with van der Waals surface area (Å²) in [5.41, 5.74) is 4.39. The first-order valence-electron chi connectivity index (χ1n) is 4.19. The Bertz CT molecular complexity index is 350. The van der Waals surface area contributed by atoms with E-state index in [9.17, 15) is 9.18 Å². The smallest absolute Gasteiger partial charge is 0.323 e. The maximum atomic E-state index is 13.1. The fourth-order valence-electron chi connectivity index (χ4n) is 1.11. The van der Waals surface area contributed by atoms with Crippen molar-refractivity contribution >= 4 is 5.97 Å². The van der Waals surface area contributed by atoms with E-state index in [1.54, 1.807) is 12.1 Å². The highest BCUT2D eigenvalue weighted by Gasteiger charge is 2.28. The highest BCUT2D eigenvalue weighted by Crippen LogP contribution is 2.14. The minimum Gasteiger partial charge on any atom is -0.480 e. The van der Waals surface area contributed by atoms with Gasteiger partial charge in [-0.3, -0.25) is 4.79 Å². The molecule has 0 aromatic heterocycles. The summed E-state index contributed by atoms with van der Waals surface area (Å²) in [7, 11) is 0. The Morgan fingerprint density at radius 3 is 2.64 bits per heavy atom. The molecule has 14 heavy (non-hydrogen) atoms. The summed E-state index contributed by atoms with van der Waals surface area (Å²) >= 11 is 0. The number of halogens is 1. The molecule has 0 fully saturated rings. The molecule has 1 aromatic carbocycles. The first kappa shape index (κ1) is 10.7. The number of hydrogen-bond acceptors (Lipinski definition) is 2. The summed E-state index contributed by atoms with van der Waals surface area (Å²) in [6.45, 7) is 1.36. The molecule has 3 nitrogen and oxygen atoms in total. The molecule has 0 saturated heterocycles. The summed E-state index contributed by atoms with van der Waals surface area (Å²) in [4.78, 5) is 10.7. The van der Waals surface area contributed by atoms with Crippen molar-refractivity contribution in [3.63, 3.8) is 0 Å². The maximum Gasteiger partial charge on any atom is 0.323 e. The van der Waals surface area contributed by atoms with Crippen molar-refractivity contribution < 1.29 is 14.3 Å². The van der Waals surface area contributed by atoms with Gasteiger partial charge in [-0.15, -0.1) is 0 Å². The van der Waals surface area contributed by atoms with Crippen molar-refractivity contribution in [2.24, 2.45) is 5.73 Å². The number of hydrogen-bond donors (Lipinski definition) is 2. The van der Waals surface area contributed by atoms with Crippen LogP contribution in [0.5, 0.6) is 0 Å². The SMILES string of the molecule is C[C@](N)(Cc1ccccc1F)C(=O)O. The second kappa shape index (κ2) is 3.75. The minimum atomic E-state index is -1.43. The van der Waals surface area contributed by atoms with Crippen molar-refractivity contribution in [3.05, 3.63) is 35.6 Å². The van der Waals surface area contributed by atoms with Crippen LogP contribution in [0, 0.1) is 5.82 Å². The average molecular weight is 197 g/mol. The Morgan fingerprint density at radius 1 is 1.57 bits per heavy atom. The number of benzene rings is 1. The summed E-state index contributed by atoms with van der Waals surface area (Å²) in [5.74, 6) is -1.56. The molecule has 0 heterocycles. The van der Waals surface area contributed by atoms with Gasteiger partial charge in [-0.1, -0.05) is 18.2 Å². The lowest BCUT2D eigenvalue weighted by atomic mass is 9.94. The zero-order valence-electron chi connectivity index (χ0n) is 7.83. The Labute approximate surface area is 81.4 Å². The fourth-order valence-corrected chi connectivity index (χ4v) is 1.11. The van der Waals surface area contributed by atoms with Crippen LogP contribution in [-0.2, 0) is 11.2 Å². The molecular formula is C10H12FNO2. The number of aliphatic carboxylic acids is 1. The highest BCUT2D eigenvalue weighted by molar-refractivity contribution is 5.78. The molecule has 0 bridgehead atoms. The van der Waals surface area contributed by atoms with E-state index in [-0.39, 0.29) is 6.42 Å². The number of rotatable bonds is 3. The van der Waals surface area contributed by atoms with Gasteiger partial charge in [-0.2, -0.15) is 0 Å². The molecule has 3 N–H and O–H groups in total. The largest absolute Gasteiger partial charge is 0.480 e. The van der Waals surface area contributed by atoms with E-state index in [0.717, 1.165) is 0 Å². The molecule has 1 atom stereocenters. The van der Waals surface area contributed by atoms with Gasteiger partial charge in [-0.05, 0) is 18.6 Å². The molecule has 0 unspecified atom stereocenters. The first-order chi connectivity index (χ1) is 6.43. The van der Waals surface area contributed by atoms with E-state index in [4.69, 9.17) is 10.8 Å².